The van der Waals surface area contributed by atoms with E-state index in [-0.39, 0.29) is 6.04 Å². The number of nitrogens with zero attached hydrogens (tertiary/aromatic N) is 1. The fourth-order valence-electron chi connectivity index (χ4n) is 1.08. The van der Waals surface area contributed by atoms with E-state index in [0.717, 1.165) is 30.9 Å². The Morgan fingerprint density at radius 3 is 2.79 bits per heavy atom. The van der Waals surface area contributed by atoms with Gasteiger partial charge in [-0.3, -0.25) is 4.98 Å². The zero-order chi connectivity index (χ0) is 10.4. The van der Waals surface area contributed by atoms with Crippen molar-refractivity contribution in [2.24, 2.45) is 5.73 Å². The summed E-state index contributed by atoms with van der Waals surface area (Å²) in [6, 6.07) is 3.81. The van der Waals surface area contributed by atoms with Crippen LogP contribution in [0.4, 0.5) is 0 Å². The van der Waals surface area contributed by atoms with Crippen molar-refractivity contribution >= 4 is 0 Å². The summed E-state index contributed by atoms with van der Waals surface area (Å²) in [7, 11) is 0. The molecular weight excluding hydrogens is 176 g/mol. The molecule has 3 nitrogen and oxygen atoms in total. The number of nitrogens with two attached hydrogens (primary N) is 1. The van der Waals surface area contributed by atoms with Crippen LogP contribution in [-0.4, -0.2) is 11.6 Å². The quantitative estimate of drug-likeness (QED) is 0.731. The first-order valence-electron chi connectivity index (χ1n) is 5.08. The smallest absolute Gasteiger partial charge is 0.137 e. The predicted molar refractivity (Wildman–Crippen MR) is 57.2 cm³/mol. The molecule has 0 aliphatic heterocycles. The molecular formula is C11H18N2O. The predicted octanol–water partition coefficient (Wildman–Crippen LogP) is 2.28. The third-order valence-corrected chi connectivity index (χ3v) is 1.99. The molecule has 0 unspecified atom stereocenters. The minimum absolute atomic E-state index is 0.0142. The van der Waals surface area contributed by atoms with Gasteiger partial charge in [0.25, 0.3) is 0 Å². The molecule has 1 atom stereocenters. The lowest BCUT2D eigenvalue weighted by Gasteiger charge is -2.07. The second kappa shape index (κ2) is 5.60. The van der Waals surface area contributed by atoms with Gasteiger partial charge in [-0.2, -0.15) is 0 Å². The van der Waals surface area contributed by atoms with E-state index in [1.54, 1.807) is 6.20 Å². The Hall–Kier alpha value is -1.09. The van der Waals surface area contributed by atoms with Gasteiger partial charge in [-0.1, -0.05) is 13.3 Å². The summed E-state index contributed by atoms with van der Waals surface area (Å²) in [5.41, 5.74) is 6.58. The highest BCUT2D eigenvalue weighted by atomic mass is 16.5. The van der Waals surface area contributed by atoms with Crippen LogP contribution in [0.15, 0.2) is 18.3 Å². The van der Waals surface area contributed by atoms with E-state index in [1.165, 1.54) is 0 Å². The third-order valence-electron chi connectivity index (χ3n) is 1.99. The molecule has 0 radical (unpaired) electrons. The van der Waals surface area contributed by atoms with Crippen molar-refractivity contribution in [3.63, 3.8) is 0 Å². The summed E-state index contributed by atoms with van der Waals surface area (Å²) >= 11 is 0. The van der Waals surface area contributed by atoms with Crippen LogP contribution in [0, 0.1) is 0 Å². The topological polar surface area (TPSA) is 48.1 Å². The number of hydrogen-bond donors (Lipinski definition) is 1. The second-order valence-electron chi connectivity index (χ2n) is 3.41. The zero-order valence-corrected chi connectivity index (χ0v) is 8.86. The fraction of sp³-hybridized carbons (Fsp3) is 0.545. The van der Waals surface area contributed by atoms with Crippen molar-refractivity contribution in [1.82, 2.24) is 4.98 Å². The van der Waals surface area contributed by atoms with Crippen molar-refractivity contribution in [2.45, 2.75) is 32.7 Å². The largest absolute Gasteiger partial charge is 0.492 e. The van der Waals surface area contributed by atoms with Gasteiger partial charge < -0.3 is 10.5 Å². The molecule has 0 aliphatic rings. The summed E-state index contributed by atoms with van der Waals surface area (Å²) in [6.07, 6.45) is 3.95. The van der Waals surface area contributed by atoms with E-state index in [4.69, 9.17) is 10.5 Å². The van der Waals surface area contributed by atoms with E-state index >= 15 is 0 Å². The lowest BCUT2D eigenvalue weighted by molar-refractivity contribution is 0.308. The fourth-order valence-corrected chi connectivity index (χ4v) is 1.08. The van der Waals surface area contributed by atoms with Crippen molar-refractivity contribution in [3.05, 3.63) is 24.0 Å². The first-order chi connectivity index (χ1) is 6.74. The number of unbranched alkanes of at least 4 members (excludes halogenated alkanes) is 1. The Morgan fingerprint density at radius 2 is 2.29 bits per heavy atom. The van der Waals surface area contributed by atoms with Gasteiger partial charge in [0.15, 0.2) is 0 Å². The first-order valence-corrected chi connectivity index (χ1v) is 5.08. The summed E-state index contributed by atoms with van der Waals surface area (Å²) in [5, 5.41) is 0. The van der Waals surface area contributed by atoms with Crippen molar-refractivity contribution < 1.29 is 4.74 Å². The molecule has 0 amide bonds. The minimum Gasteiger partial charge on any atom is -0.492 e. The molecule has 1 rings (SSSR count). The Labute approximate surface area is 85.3 Å². The Balaban J connectivity index is 2.47. The molecule has 0 saturated carbocycles. The Kier molecular flexibility index (Phi) is 4.40. The molecule has 78 valence electrons. The van der Waals surface area contributed by atoms with Gasteiger partial charge in [0, 0.05) is 6.04 Å². The van der Waals surface area contributed by atoms with E-state index in [2.05, 4.69) is 11.9 Å². The van der Waals surface area contributed by atoms with Crippen molar-refractivity contribution in [3.8, 4) is 5.75 Å². The average Bonchev–Trinajstić information content (AvgIpc) is 2.19. The van der Waals surface area contributed by atoms with Gasteiger partial charge in [-0.25, -0.2) is 0 Å². The molecule has 0 spiro atoms. The third kappa shape index (κ3) is 3.34. The molecule has 1 heterocycles. The molecule has 0 aliphatic carbocycles. The summed E-state index contributed by atoms with van der Waals surface area (Å²) in [4.78, 5) is 4.21. The highest BCUT2D eigenvalue weighted by molar-refractivity contribution is 5.20. The molecule has 2 N–H and O–H groups in total. The molecule has 0 fully saturated rings. The molecule has 1 aromatic rings. The average molecular weight is 194 g/mol. The summed E-state index contributed by atoms with van der Waals surface area (Å²) in [6.45, 7) is 4.82. The van der Waals surface area contributed by atoms with Crippen LogP contribution in [0.1, 0.15) is 38.4 Å². The van der Waals surface area contributed by atoms with Gasteiger partial charge in [-0.15, -0.1) is 0 Å². The highest BCUT2D eigenvalue weighted by Crippen LogP contribution is 2.12. The van der Waals surface area contributed by atoms with Crippen LogP contribution in [0.3, 0.4) is 0 Å². The SMILES string of the molecule is CCCCOc1ccc([C@H](C)N)nc1. The molecule has 3 heteroatoms. The van der Waals surface area contributed by atoms with Crippen LogP contribution in [0.25, 0.3) is 0 Å². The summed E-state index contributed by atoms with van der Waals surface area (Å²) < 4.78 is 5.48. The van der Waals surface area contributed by atoms with Gasteiger partial charge >= 0.3 is 0 Å². The number of aromatic nitrogens is 1. The first kappa shape index (κ1) is 11.0. The maximum atomic E-state index is 5.68. The maximum absolute atomic E-state index is 5.68. The minimum atomic E-state index is -0.0142. The number of rotatable bonds is 5. The van der Waals surface area contributed by atoms with Crippen LogP contribution in [0.2, 0.25) is 0 Å². The number of ether oxygens (including phenoxy) is 1. The standard InChI is InChI=1S/C11H18N2O/c1-3-4-7-14-10-5-6-11(9(2)12)13-8-10/h5-6,8-9H,3-4,7,12H2,1-2H3/t9-/m0/s1. The van der Waals surface area contributed by atoms with Gasteiger partial charge in [0.1, 0.15) is 5.75 Å². The monoisotopic (exact) mass is 194 g/mol. The van der Waals surface area contributed by atoms with E-state index in [0.29, 0.717) is 0 Å². The Morgan fingerprint density at radius 1 is 1.50 bits per heavy atom. The van der Waals surface area contributed by atoms with Gasteiger partial charge in [-0.05, 0) is 25.5 Å². The second-order valence-corrected chi connectivity index (χ2v) is 3.41. The number of hydrogen-bond acceptors (Lipinski definition) is 3. The lowest BCUT2D eigenvalue weighted by atomic mass is 10.2. The van der Waals surface area contributed by atoms with Crippen molar-refractivity contribution in [1.29, 1.82) is 0 Å². The van der Waals surface area contributed by atoms with Crippen LogP contribution in [-0.2, 0) is 0 Å². The lowest BCUT2D eigenvalue weighted by Crippen LogP contribution is -2.07. The molecule has 0 bridgehead atoms. The maximum Gasteiger partial charge on any atom is 0.137 e. The zero-order valence-electron chi connectivity index (χ0n) is 8.86. The Bertz CT molecular complexity index is 256. The van der Waals surface area contributed by atoms with E-state index in [1.807, 2.05) is 19.1 Å². The van der Waals surface area contributed by atoms with Crippen LogP contribution in [0.5, 0.6) is 5.75 Å². The highest BCUT2D eigenvalue weighted by Gasteiger charge is 2.00. The summed E-state index contributed by atoms with van der Waals surface area (Å²) in [5.74, 6) is 0.822. The number of pyridine rings is 1. The normalized spacial score (nSPS) is 12.5. The molecule has 14 heavy (non-hydrogen) atoms. The van der Waals surface area contributed by atoms with E-state index in [9.17, 15) is 0 Å². The molecule has 0 saturated heterocycles. The van der Waals surface area contributed by atoms with E-state index < -0.39 is 0 Å². The van der Waals surface area contributed by atoms with Gasteiger partial charge in [0.2, 0.25) is 0 Å². The van der Waals surface area contributed by atoms with Crippen molar-refractivity contribution in [2.75, 3.05) is 6.61 Å². The van der Waals surface area contributed by atoms with Crippen LogP contribution < -0.4 is 10.5 Å². The molecule has 0 aromatic carbocycles. The van der Waals surface area contributed by atoms with Gasteiger partial charge in [0.05, 0.1) is 18.5 Å². The molecule has 1 aromatic heterocycles. The van der Waals surface area contributed by atoms with Crippen LogP contribution >= 0.6 is 0 Å².